The van der Waals surface area contributed by atoms with Crippen molar-refractivity contribution < 1.29 is 9.84 Å². The van der Waals surface area contributed by atoms with Crippen molar-refractivity contribution in [1.82, 2.24) is 14.2 Å². The van der Waals surface area contributed by atoms with Crippen LogP contribution in [0.25, 0.3) is 11.5 Å². The Bertz CT molecular complexity index is 1270. The molecule has 1 spiro atoms. The van der Waals surface area contributed by atoms with Gasteiger partial charge in [-0.15, -0.1) is 0 Å². The molecule has 154 valence electrons. The first kappa shape index (κ1) is 18.0. The molecule has 6 rings (SSSR count). The van der Waals surface area contributed by atoms with E-state index in [9.17, 15) is 9.90 Å². The second-order valence-electron chi connectivity index (χ2n) is 7.89. The Kier molecular flexibility index (Phi) is 3.82. The van der Waals surface area contributed by atoms with Crippen molar-refractivity contribution in [2.75, 3.05) is 18.2 Å². The molecule has 0 unspecified atom stereocenters. The molecular weight excluding hydrogens is 392 g/mol. The lowest BCUT2D eigenvalue weighted by Gasteiger charge is -2.57. The zero-order valence-electron chi connectivity index (χ0n) is 16.6. The molecule has 0 atom stereocenters. The molecule has 1 N–H and O–H groups in total. The van der Waals surface area contributed by atoms with Gasteiger partial charge in [0, 0.05) is 24.7 Å². The number of aromatic hydroxyl groups is 1. The molecule has 7 nitrogen and oxygen atoms in total. The van der Waals surface area contributed by atoms with E-state index in [-0.39, 0.29) is 11.8 Å². The van der Waals surface area contributed by atoms with Crippen LogP contribution in [0.4, 0.5) is 0 Å². The SMILES string of the molecule is O=c1ccn2c(c1O)-c1nccn1C1(COC1)N2C(c1ccccc1)c1ccccc1. The summed E-state index contributed by atoms with van der Waals surface area (Å²) >= 11 is 0. The van der Waals surface area contributed by atoms with Crippen LogP contribution in [0.15, 0.2) is 90.1 Å². The molecule has 0 radical (unpaired) electrons. The summed E-state index contributed by atoms with van der Waals surface area (Å²) in [6.07, 6.45) is 5.30. The Labute approximate surface area is 178 Å². The fourth-order valence-electron chi connectivity index (χ4n) is 4.70. The van der Waals surface area contributed by atoms with Gasteiger partial charge >= 0.3 is 0 Å². The van der Waals surface area contributed by atoms with E-state index in [0.29, 0.717) is 24.7 Å². The summed E-state index contributed by atoms with van der Waals surface area (Å²) in [5.74, 6) is 0.240. The van der Waals surface area contributed by atoms with E-state index in [4.69, 9.17) is 4.74 Å². The van der Waals surface area contributed by atoms with Gasteiger partial charge in [-0.05, 0) is 11.1 Å². The van der Waals surface area contributed by atoms with Crippen molar-refractivity contribution >= 4 is 0 Å². The first-order valence-corrected chi connectivity index (χ1v) is 10.2. The van der Waals surface area contributed by atoms with E-state index in [0.717, 1.165) is 11.1 Å². The highest BCUT2D eigenvalue weighted by atomic mass is 16.5. The highest BCUT2D eigenvalue weighted by Gasteiger charge is 2.54. The van der Waals surface area contributed by atoms with Crippen LogP contribution < -0.4 is 10.4 Å². The molecule has 0 aliphatic carbocycles. The maximum Gasteiger partial charge on any atom is 0.224 e. The predicted octanol–water partition coefficient (Wildman–Crippen LogP) is 2.84. The summed E-state index contributed by atoms with van der Waals surface area (Å²) < 4.78 is 9.62. The molecule has 1 saturated heterocycles. The highest BCUT2D eigenvalue weighted by Crippen LogP contribution is 2.46. The number of imidazole rings is 1. The smallest absolute Gasteiger partial charge is 0.224 e. The van der Waals surface area contributed by atoms with Crippen LogP contribution in [0.3, 0.4) is 0 Å². The zero-order chi connectivity index (χ0) is 21.0. The summed E-state index contributed by atoms with van der Waals surface area (Å²) in [7, 11) is 0. The zero-order valence-corrected chi connectivity index (χ0v) is 16.6. The molecule has 1 fully saturated rings. The van der Waals surface area contributed by atoms with Gasteiger partial charge in [0.1, 0.15) is 0 Å². The quantitative estimate of drug-likeness (QED) is 0.560. The molecule has 7 heteroatoms. The van der Waals surface area contributed by atoms with Gasteiger partial charge in [-0.25, -0.2) is 4.98 Å². The Morgan fingerprint density at radius 2 is 1.58 bits per heavy atom. The maximum atomic E-state index is 12.3. The minimum Gasteiger partial charge on any atom is -0.503 e. The monoisotopic (exact) mass is 412 g/mol. The van der Waals surface area contributed by atoms with Crippen molar-refractivity contribution in [3.05, 3.63) is 107 Å². The van der Waals surface area contributed by atoms with E-state index in [1.807, 2.05) is 51.8 Å². The minimum absolute atomic E-state index is 0.192. The van der Waals surface area contributed by atoms with E-state index in [1.165, 1.54) is 6.07 Å². The molecule has 0 bridgehead atoms. The fourth-order valence-corrected chi connectivity index (χ4v) is 4.70. The Balaban J connectivity index is 1.68. The van der Waals surface area contributed by atoms with Gasteiger partial charge in [-0.1, -0.05) is 60.7 Å². The number of rotatable bonds is 3. The predicted molar refractivity (Wildman–Crippen MR) is 115 cm³/mol. The molecule has 2 aromatic heterocycles. The molecular formula is C24H20N4O3. The van der Waals surface area contributed by atoms with Gasteiger partial charge in [0.2, 0.25) is 5.43 Å². The summed E-state index contributed by atoms with van der Waals surface area (Å²) in [6.45, 7) is 0.914. The van der Waals surface area contributed by atoms with Gasteiger partial charge < -0.3 is 14.4 Å². The van der Waals surface area contributed by atoms with Crippen LogP contribution in [-0.2, 0) is 10.4 Å². The van der Waals surface area contributed by atoms with Crippen LogP contribution in [0.1, 0.15) is 17.2 Å². The van der Waals surface area contributed by atoms with Crippen molar-refractivity contribution in [3.63, 3.8) is 0 Å². The molecule has 2 aliphatic heterocycles. The van der Waals surface area contributed by atoms with Gasteiger partial charge in [-0.3, -0.25) is 14.5 Å². The Hall–Kier alpha value is -3.84. The molecule has 4 heterocycles. The van der Waals surface area contributed by atoms with E-state index in [2.05, 4.69) is 34.3 Å². The minimum atomic E-state index is -0.545. The third-order valence-electron chi connectivity index (χ3n) is 6.16. The number of hydrogen-bond acceptors (Lipinski definition) is 5. The summed E-state index contributed by atoms with van der Waals surface area (Å²) in [6, 6.07) is 21.6. The largest absolute Gasteiger partial charge is 0.503 e. The summed E-state index contributed by atoms with van der Waals surface area (Å²) in [5.41, 5.74) is 1.58. The molecule has 0 saturated carbocycles. The third kappa shape index (κ3) is 2.44. The topological polar surface area (TPSA) is 72.5 Å². The van der Waals surface area contributed by atoms with E-state index >= 15 is 0 Å². The van der Waals surface area contributed by atoms with Crippen molar-refractivity contribution in [3.8, 4) is 17.3 Å². The average molecular weight is 412 g/mol. The fraction of sp³-hybridized carbons (Fsp3) is 0.167. The van der Waals surface area contributed by atoms with E-state index < -0.39 is 11.1 Å². The van der Waals surface area contributed by atoms with Gasteiger partial charge in [0.25, 0.3) is 0 Å². The lowest BCUT2D eigenvalue weighted by Crippen LogP contribution is -2.69. The molecule has 2 aromatic carbocycles. The second-order valence-corrected chi connectivity index (χ2v) is 7.89. The first-order valence-electron chi connectivity index (χ1n) is 10.2. The Morgan fingerprint density at radius 3 is 2.16 bits per heavy atom. The summed E-state index contributed by atoms with van der Waals surface area (Å²) in [5, 5.41) is 13.0. The number of aromatic nitrogens is 3. The maximum absolute atomic E-state index is 12.3. The molecule has 4 aromatic rings. The van der Waals surface area contributed by atoms with Crippen molar-refractivity contribution in [1.29, 1.82) is 0 Å². The van der Waals surface area contributed by atoms with Crippen LogP contribution in [0.5, 0.6) is 5.75 Å². The van der Waals surface area contributed by atoms with Crippen LogP contribution in [0.2, 0.25) is 0 Å². The lowest BCUT2D eigenvalue weighted by molar-refractivity contribution is -0.119. The van der Waals surface area contributed by atoms with Crippen LogP contribution in [-0.4, -0.2) is 32.5 Å². The van der Waals surface area contributed by atoms with Crippen molar-refractivity contribution in [2.45, 2.75) is 11.7 Å². The van der Waals surface area contributed by atoms with Crippen LogP contribution in [0, 0.1) is 0 Å². The van der Waals surface area contributed by atoms with E-state index in [1.54, 1.807) is 12.4 Å². The van der Waals surface area contributed by atoms with Gasteiger partial charge in [0.15, 0.2) is 22.9 Å². The molecule has 0 amide bonds. The number of ether oxygens (including phenoxy) is 1. The molecule has 31 heavy (non-hydrogen) atoms. The first-order chi connectivity index (χ1) is 15.2. The highest BCUT2D eigenvalue weighted by molar-refractivity contribution is 5.63. The average Bonchev–Trinajstić information content (AvgIpc) is 3.26. The number of hydrogen-bond donors (Lipinski definition) is 1. The Morgan fingerprint density at radius 1 is 0.935 bits per heavy atom. The number of fused-ring (bicyclic) bond motifs is 4. The number of pyridine rings is 1. The second kappa shape index (κ2) is 6.58. The number of benzene rings is 2. The third-order valence-corrected chi connectivity index (χ3v) is 6.16. The standard InChI is InChI=1S/C24H20N4O3/c29-19-11-13-27-21(22(19)30)23-25-12-14-26(23)24(15-31-16-24)28(27)20(17-7-3-1-4-8-17)18-9-5-2-6-10-18/h1-14,20,30H,15-16H2. The van der Waals surface area contributed by atoms with Gasteiger partial charge in [-0.2, -0.15) is 0 Å². The number of nitrogens with zero attached hydrogens (tertiary/aromatic N) is 4. The van der Waals surface area contributed by atoms with Crippen LogP contribution >= 0.6 is 0 Å². The lowest BCUT2D eigenvalue weighted by atomic mass is 9.93. The molecule has 2 aliphatic rings. The van der Waals surface area contributed by atoms with Crippen molar-refractivity contribution in [2.24, 2.45) is 0 Å². The van der Waals surface area contributed by atoms with Gasteiger partial charge in [0.05, 0.1) is 19.3 Å². The summed E-state index contributed by atoms with van der Waals surface area (Å²) in [4.78, 5) is 16.8. The normalized spacial score (nSPS) is 16.1.